The molecule has 1 aromatic heterocycles. The second kappa shape index (κ2) is 12.7. The third-order valence-corrected chi connectivity index (χ3v) is 9.28. The number of sulfonamides is 1. The van der Waals surface area contributed by atoms with E-state index >= 15 is 0 Å². The Morgan fingerprint density at radius 3 is 2.53 bits per heavy atom. The number of hydrogen-bond donors (Lipinski definition) is 1. The van der Waals surface area contributed by atoms with Gasteiger partial charge in [-0.1, -0.05) is 30.3 Å². The number of amides is 2. The van der Waals surface area contributed by atoms with E-state index in [2.05, 4.69) is 11.4 Å². The van der Waals surface area contributed by atoms with Crippen molar-refractivity contribution in [2.45, 2.75) is 37.6 Å². The summed E-state index contributed by atoms with van der Waals surface area (Å²) in [6, 6.07) is 17.6. The van der Waals surface area contributed by atoms with Crippen molar-refractivity contribution in [3.05, 3.63) is 82.0 Å². The Bertz CT molecular complexity index is 1340. The summed E-state index contributed by atoms with van der Waals surface area (Å²) < 4.78 is 34.0. The average Bonchev–Trinajstić information content (AvgIpc) is 3.39. The minimum atomic E-state index is -3.98. The van der Waals surface area contributed by atoms with E-state index in [0.717, 1.165) is 17.5 Å². The van der Waals surface area contributed by atoms with Crippen LogP contribution in [0, 0.1) is 0 Å². The predicted octanol–water partition coefficient (Wildman–Crippen LogP) is 4.30. The standard InChI is InChI=1S/C28H33N3O5S2/c1-3-36-18-7-16-30(38(34,35)24-12-10-23(11-13-24)29-21(2)32)20-27(33)31-17-14-26-25(15-19-37-26)28(31)22-8-5-4-6-9-22/h4-6,8-13,15,19,28H,3,7,14,16-18,20H2,1-2H3,(H,29,32)/t28-/m1/s1. The smallest absolute Gasteiger partial charge is 0.243 e. The number of carbonyl (C=O) groups excluding carboxylic acids is 2. The van der Waals surface area contributed by atoms with E-state index in [0.29, 0.717) is 31.9 Å². The Labute approximate surface area is 228 Å². The quantitative estimate of drug-likeness (QED) is 0.356. The highest BCUT2D eigenvalue weighted by Crippen LogP contribution is 2.38. The highest BCUT2D eigenvalue weighted by Gasteiger charge is 2.35. The Morgan fingerprint density at radius 1 is 1.11 bits per heavy atom. The summed E-state index contributed by atoms with van der Waals surface area (Å²) in [5.41, 5.74) is 2.60. The highest BCUT2D eigenvalue weighted by atomic mass is 32.2. The minimum absolute atomic E-state index is 0.0641. The van der Waals surface area contributed by atoms with E-state index in [9.17, 15) is 18.0 Å². The van der Waals surface area contributed by atoms with Crippen LogP contribution >= 0.6 is 11.3 Å². The molecule has 2 amide bonds. The molecule has 8 nitrogen and oxygen atoms in total. The Balaban J connectivity index is 1.60. The summed E-state index contributed by atoms with van der Waals surface area (Å²) >= 11 is 1.69. The third-order valence-electron chi connectivity index (χ3n) is 6.43. The van der Waals surface area contributed by atoms with E-state index in [1.54, 1.807) is 28.4 Å². The normalized spacial score (nSPS) is 15.3. The molecule has 38 heavy (non-hydrogen) atoms. The van der Waals surface area contributed by atoms with E-state index in [-0.39, 0.29) is 35.8 Å². The molecule has 0 aliphatic carbocycles. The van der Waals surface area contributed by atoms with E-state index in [4.69, 9.17) is 4.74 Å². The van der Waals surface area contributed by atoms with Crippen LogP contribution in [0.4, 0.5) is 5.69 Å². The first-order valence-corrected chi connectivity index (χ1v) is 15.0. The summed E-state index contributed by atoms with van der Waals surface area (Å²) in [7, 11) is -3.98. The van der Waals surface area contributed by atoms with Gasteiger partial charge in [-0.15, -0.1) is 11.3 Å². The van der Waals surface area contributed by atoms with Crippen LogP contribution in [0.15, 0.2) is 70.9 Å². The first-order valence-electron chi connectivity index (χ1n) is 12.7. The fraction of sp³-hybridized carbons (Fsp3) is 0.357. The van der Waals surface area contributed by atoms with Gasteiger partial charge >= 0.3 is 0 Å². The van der Waals surface area contributed by atoms with Gasteiger partial charge in [0.1, 0.15) is 0 Å². The van der Waals surface area contributed by atoms with Crippen LogP contribution in [0.3, 0.4) is 0 Å². The molecule has 3 aromatic rings. The molecule has 1 aliphatic heterocycles. The summed E-state index contributed by atoms with van der Waals surface area (Å²) in [4.78, 5) is 28.3. The maximum absolute atomic E-state index is 13.8. The van der Waals surface area contributed by atoms with Gasteiger partial charge in [0.05, 0.1) is 17.5 Å². The van der Waals surface area contributed by atoms with Crippen LogP contribution in [0.5, 0.6) is 0 Å². The zero-order valence-corrected chi connectivity index (χ0v) is 23.3. The van der Waals surface area contributed by atoms with Crippen LogP contribution < -0.4 is 5.32 Å². The van der Waals surface area contributed by atoms with Crippen LogP contribution in [0.2, 0.25) is 0 Å². The lowest BCUT2D eigenvalue weighted by Crippen LogP contribution is -2.47. The highest BCUT2D eigenvalue weighted by molar-refractivity contribution is 7.89. The zero-order valence-electron chi connectivity index (χ0n) is 21.6. The molecule has 4 rings (SSSR count). The summed E-state index contributed by atoms with van der Waals surface area (Å²) in [5, 5.41) is 4.68. The Morgan fingerprint density at radius 2 is 1.84 bits per heavy atom. The first kappa shape index (κ1) is 28.0. The number of carbonyl (C=O) groups is 2. The van der Waals surface area contributed by atoms with Crippen molar-refractivity contribution in [2.75, 3.05) is 38.2 Å². The van der Waals surface area contributed by atoms with Gasteiger partial charge in [-0.05, 0) is 66.6 Å². The maximum Gasteiger partial charge on any atom is 0.243 e. The lowest BCUT2D eigenvalue weighted by atomic mass is 9.93. The van der Waals surface area contributed by atoms with E-state index in [1.807, 2.05) is 42.6 Å². The number of rotatable bonds is 11. The van der Waals surface area contributed by atoms with Gasteiger partial charge in [0.15, 0.2) is 0 Å². The lowest BCUT2D eigenvalue weighted by molar-refractivity contribution is -0.133. The Kier molecular flexibility index (Phi) is 9.32. The molecule has 0 unspecified atom stereocenters. The molecule has 1 aliphatic rings. The number of ether oxygens (including phenoxy) is 1. The van der Waals surface area contributed by atoms with Crippen molar-refractivity contribution in [1.29, 1.82) is 0 Å². The molecule has 0 radical (unpaired) electrons. The molecule has 0 spiro atoms. The largest absolute Gasteiger partial charge is 0.382 e. The van der Waals surface area contributed by atoms with Crippen LogP contribution in [0.25, 0.3) is 0 Å². The molecule has 1 atom stereocenters. The molecule has 1 N–H and O–H groups in total. The second-order valence-corrected chi connectivity index (χ2v) is 12.0. The third kappa shape index (κ3) is 6.50. The van der Waals surface area contributed by atoms with Gasteiger partial charge in [0.25, 0.3) is 0 Å². The Hall–Kier alpha value is -3.05. The van der Waals surface area contributed by atoms with Gasteiger partial charge in [0.2, 0.25) is 21.8 Å². The second-order valence-electron chi connectivity index (χ2n) is 9.04. The van der Waals surface area contributed by atoms with Crippen LogP contribution in [-0.2, 0) is 30.8 Å². The number of hydrogen-bond acceptors (Lipinski definition) is 6. The van der Waals surface area contributed by atoms with Crippen molar-refractivity contribution in [2.24, 2.45) is 0 Å². The van der Waals surface area contributed by atoms with E-state index < -0.39 is 10.0 Å². The predicted molar refractivity (Wildman–Crippen MR) is 149 cm³/mol. The van der Waals surface area contributed by atoms with E-state index in [1.165, 1.54) is 28.2 Å². The fourth-order valence-electron chi connectivity index (χ4n) is 4.66. The molecule has 0 saturated heterocycles. The minimum Gasteiger partial charge on any atom is -0.382 e. The molecule has 10 heteroatoms. The van der Waals surface area contributed by atoms with Crippen molar-refractivity contribution in [3.63, 3.8) is 0 Å². The van der Waals surface area contributed by atoms with Gasteiger partial charge in [-0.3, -0.25) is 9.59 Å². The lowest BCUT2D eigenvalue weighted by Gasteiger charge is -2.37. The molecule has 0 fully saturated rings. The van der Waals surface area contributed by atoms with Gasteiger partial charge < -0.3 is 15.0 Å². The number of nitrogens with zero attached hydrogens (tertiary/aromatic N) is 2. The van der Waals surface area contributed by atoms with Crippen molar-refractivity contribution in [3.8, 4) is 0 Å². The monoisotopic (exact) mass is 555 g/mol. The molecule has 2 aromatic carbocycles. The van der Waals surface area contributed by atoms with Crippen molar-refractivity contribution < 1.29 is 22.7 Å². The average molecular weight is 556 g/mol. The topological polar surface area (TPSA) is 96.0 Å². The van der Waals surface area contributed by atoms with Crippen molar-refractivity contribution in [1.82, 2.24) is 9.21 Å². The van der Waals surface area contributed by atoms with Gasteiger partial charge in [-0.2, -0.15) is 4.31 Å². The number of benzene rings is 2. The summed E-state index contributed by atoms with van der Waals surface area (Å²) in [5.74, 6) is -0.488. The first-order chi connectivity index (χ1) is 18.3. The number of anilines is 1. The van der Waals surface area contributed by atoms with Crippen molar-refractivity contribution >= 4 is 38.9 Å². The fourth-order valence-corrected chi connectivity index (χ4v) is 6.99. The molecular weight excluding hydrogens is 522 g/mol. The van der Waals surface area contributed by atoms with Crippen LogP contribution in [-0.4, -0.2) is 62.3 Å². The SMILES string of the molecule is CCOCCCN(CC(=O)N1CCc2sccc2[C@H]1c1ccccc1)S(=O)(=O)c1ccc(NC(C)=O)cc1. The van der Waals surface area contributed by atoms with Gasteiger partial charge in [-0.25, -0.2) is 8.42 Å². The number of fused-ring (bicyclic) bond motifs is 1. The van der Waals surface area contributed by atoms with Gasteiger partial charge in [0, 0.05) is 43.8 Å². The maximum atomic E-state index is 13.8. The molecule has 202 valence electrons. The number of thiophene rings is 1. The molecular formula is C28H33N3O5S2. The molecule has 0 bridgehead atoms. The molecule has 0 saturated carbocycles. The summed E-state index contributed by atoms with van der Waals surface area (Å²) in [6.45, 7) is 4.59. The number of nitrogens with one attached hydrogen (secondary N) is 1. The zero-order chi connectivity index (χ0) is 27.1. The van der Waals surface area contributed by atoms with Crippen LogP contribution in [0.1, 0.15) is 42.3 Å². The summed E-state index contributed by atoms with van der Waals surface area (Å²) in [6.07, 6.45) is 1.20. The molecule has 2 heterocycles.